The minimum absolute atomic E-state index is 0.0683. The van der Waals surface area contributed by atoms with Gasteiger partial charge in [-0.2, -0.15) is 0 Å². The third kappa shape index (κ3) is 5.80. The third-order valence-corrected chi connectivity index (χ3v) is 4.66. The number of para-hydroxylation sites is 1. The monoisotopic (exact) mass is 432 g/mol. The second-order valence-electron chi connectivity index (χ2n) is 6.18. The first-order chi connectivity index (χ1) is 13.1. The Balaban J connectivity index is 1.54. The van der Waals surface area contributed by atoms with Crippen LogP contribution in [0.5, 0.6) is 5.75 Å². The molecule has 2 aromatic rings. The molecule has 1 saturated heterocycles. The molecule has 0 saturated carbocycles. The molecule has 0 radical (unpaired) electrons. The van der Waals surface area contributed by atoms with Gasteiger partial charge in [-0.15, -0.1) is 0 Å². The van der Waals surface area contributed by atoms with Crippen molar-refractivity contribution >= 4 is 33.4 Å². The lowest BCUT2D eigenvalue weighted by Crippen LogP contribution is -2.32. The minimum atomic E-state index is -0.299. The largest absolute Gasteiger partial charge is 0.483 e. The number of halogens is 1. The molecule has 1 fully saturated rings. The Morgan fingerprint density at radius 3 is 2.67 bits per heavy atom. The molecule has 0 unspecified atom stereocenters. The SMILES string of the molecule is O=C(COc1ccccc1C(=O)NC[C@@H]1CCCO1)Nc1ccc(Br)cc1. The second-order valence-corrected chi connectivity index (χ2v) is 7.10. The Morgan fingerprint density at radius 1 is 1.15 bits per heavy atom. The molecular weight excluding hydrogens is 412 g/mol. The zero-order chi connectivity index (χ0) is 19.1. The van der Waals surface area contributed by atoms with Crippen molar-refractivity contribution in [3.8, 4) is 5.75 Å². The first-order valence-corrected chi connectivity index (χ1v) is 9.58. The summed E-state index contributed by atoms with van der Waals surface area (Å²) < 4.78 is 12.0. The van der Waals surface area contributed by atoms with Crippen LogP contribution in [0.2, 0.25) is 0 Å². The van der Waals surface area contributed by atoms with Crippen molar-refractivity contribution in [1.82, 2.24) is 5.32 Å². The smallest absolute Gasteiger partial charge is 0.262 e. The van der Waals surface area contributed by atoms with E-state index in [1.807, 2.05) is 12.1 Å². The van der Waals surface area contributed by atoms with E-state index in [4.69, 9.17) is 9.47 Å². The number of rotatable bonds is 7. The molecule has 0 spiro atoms. The maximum atomic E-state index is 12.4. The highest BCUT2D eigenvalue weighted by atomic mass is 79.9. The van der Waals surface area contributed by atoms with Gasteiger partial charge in [-0.1, -0.05) is 28.1 Å². The summed E-state index contributed by atoms with van der Waals surface area (Å²) in [7, 11) is 0. The lowest BCUT2D eigenvalue weighted by molar-refractivity contribution is -0.118. The molecule has 2 amide bonds. The molecule has 1 atom stereocenters. The van der Waals surface area contributed by atoms with Crippen molar-refractivity contribution in [2.24, 2.45) is 0 Å². The molecule has 0 aromatic heterocycles. The summed E-state index contributed by atoms with van der Waals surface area (Å²) in [5.74, 6) is -0.172. The maximum absolute atomic E-state index is 12.4. The summed E-state index contributed by atoms with van der Waals surface area (Å²) in [4.78, 5) is 24.5. The van der Waals surface area contributed by atoms with Gasteiger partial charge in [-0.25, -0.2) is 0 Å². The Bertz CT molecular complexity index is 789. The van der Waals surface area contributed by atoms with Crippen molar-refractivity contribution in [1.29, 1.82) is 0 Å². The standard InChI is InChI=1S/C20H21BrN2O4/c21-14-7-9-15(10-8-14)23-19(24)13-27-18-6-2-1-5-17(18)20(25)22-12-16-4-3-11-26-16/h1-2,5-10,16H,3-4,11-13H2,(H,22,25)(H,23,24)/t16-/m0/s1. The summed E-state index contributed by atoms with van der Waals surface area (Å²) >= 11 is 3.35. The number of amides is 2. The van der Waals surface area contributed by atoms with Crippen molar-refractivity contribution in [3.05, 3.63) is 58.6 Å². The number of nitrogens with one attached hydrogen (secondary N) is 2. The van der Waals surface area contributed by atoms with Crippen LogP contribution >= 0.6 is 15.9 Å². The topological polar surface area (TPSA) is 76.7 Å². The molecule has 0 bridgehead atoms. The van der Waals surface area contributed by atoms with E-state index in [2.05, 4.69) is 26.6 Å². The predicted octanol–water partition coefficient (Wildman–Crippen LogP) is 3.38. The van der Waals surface area contributed by atoms with Crippen LogP contribution in [0.1, 0.15) is 23.2 Å². The molecule has 3 rings (SSSR count). The normalized spacial score (nSPS) is 16.0. The highest BCUT2D eigenvalue weighted by Crippen LogP contribution is 2.19. The molecule has 2 N–H and O–H groups in total. The van der Waals surface area contributed by atoms with Crippen LogP contribution in [0.3, 0.4) is 0 Å². The highest BCUT2D eigenvalue weighted by molar-refractivity contribution is 9.10. The zero-order valence-corrected chi connectivity index (χ0v) is 16.3. The van der Waals surface area contributed by atoms with E-state index in [0.717, 1.165) is 23.9 Å². The number of hydrogen-bond acceptors (Lipinski definition) is 4. The average Bonchev–Trinajstić information content (AvgIpc) is 3.20. The fourth-order valence-electron chi connectivity index (χ4n) is 2.76. The summed E-state index contributed by atoms with van der Waals surface area (Å²) in [6.45, 7) is 1.02. The fraction of sp³-hybridized carbons (Fsp3) is 0.300. The maximum Gasteiger partial charge on any atom is 0.262 e. The van der Waals surface area contributed by atoms with Gasteiger partial charge in [0.1, 0.15) is 5.75 Å². The number of hydrogen-bond donors (Lipinski definition) is 2. The van der Waals surface area contributed by atoms with E-state index in [9.17, 15) is 9.59 Å². The molecule has 7 heteroatoms. The fourth-order valence-corrected chi connectivity index (χ4v) is 3.03. The van der Waals surface area contributed by atoms with Crippen molar-refractivity contribution < 1.29 is 19.1 Å². The molecular formula is C20H21BrN2O4. The zero-order valence-electron chi connectivity index (χ0n) is 14.7. The number of carbonyl (C=O) groups is 2. The summed E-state index contributed by atoms with van der Waals surface area (Å²) in [5.41, 5.74) is 1.07. The van der Waals surface area contributed by atoms with E-state index in [0.29, 0.717) is 23.5 Å². The summed E-state index contributed by atoms with van der Waals surface area (Å²) in [5, 5.41) is 5.61. The van der Waals surface area contributed by atoms with Gasteiger partial charge in [0.25, 0.3) is 11.8 Å². The van der Waals surface area contributed by atoms with E-state index >= 15 is 0 Å². The van der Waals surface area contributed by atoms with E-state index in [-0.39, 0.29) is 24.5 Å². The highest BCUT2D eigenvalue weighted by Gasteiger charge is 2.18. The predicted molar refractivity (Wildman–Crippen MR) is 106 cm³/mol. The third-order valence-electron chi connectivity index (χ3n) is 4.13. The van der Waals surface area contributed by atoms with Gasteiger partial charge < -0.3 is 20.1 Å². The van der Waals surface area contributed by atoms with Crippen LogP contribution in [0.25, 0.3) is 0 Å². The Labute approximate surface area is 166 Å². The van der Waals surface area contributed by atoms with E-state index < -0.39 is 0 Å². The summed E-state index contributed by atoms with van der Waals surface area (Å²) in [6, 6.07) is 14.1. The van der Waals surface area contributed by atoms with Crippen LogP contribution in [0, 0.1) is 0 Å². The molecule has 6 nitrogen and oxygen atoms in total. The quantitative estimate of drug-likeness (QED) is 0.702. The minimum Gasteiger partial charge on any atom is -0.483 e. The molecule has 1 aliphatic rings. The number of anilines is 1. The van der Waals surface area contributed by atoms with Gasteiger partial charge in [0, 0.05) is 23.3 Å². The molecule has 1 heterocycles. The van der Waals surface area contributed by atoms with Crippen LogP contribution in [-0.2, 0) is 9.53 Å². The molecule has 0 aliphatic carbocycles. The van der Waals surface area contributed by atoms with Crippen LogP contribution in [-0.4, -0.2) is 37.7 Å². The van der Waals surface area contributed by atoms with Crippen LogP contribution in [0.15, 0.2) is 53.0 Å². The van der Waals surface area contributed by atoms with Gasteiger partial charge in [0.2, 0.25) is 0 Å². The Hall–Kier alpha value is -2.38. The van der Waals surface area contributed by atoms with Crippen LogP contribution in [0.4, 0.5) is 5.69 Å². The number of ether oxygens (including phenoxy) is 2. The molecule has 1 aliphatic heterocycles. The van der Waals surface area contributed by atoms with Gasteiger partial charge in [0.05, 0.1) is 11.7 Å². The Kier molecular flexibility index (Phi) is 6.84. The molecule has 142 valence electrons. The van der Waals surface area contributed by atoms with Gasteiger partial charge in [0.15, 0.2) is 6.61 Å². The first kappa shape index (κ1) is 19.4. The molecule has 2 aromatic carbocycles. The van der Waals surface area contributed by atoms with E-state index in [1.165, 1.54) is 0 Å². The van der Waals surface area contributed by atoms with Gasteiger partial charge >= 0.3 is 0 Å². The second kappa shape index (κ2) is 9.53. The first-order valence-electron chi connectivity index (χ1n) is 8.79. The summed E-state index contributed by atoms with van der Waals surface area (Å²) in [6.07, 6.45) is 2.04. The number of carbonyl (C=O) groups excluding carboxylic acids is 2. The lowest BCUT2D eigenvalue weighted by Gasteiger charge is -2.14. The molecule has 27 heavy (non-hydrogen) atoms. The number of benzene rings is 2. The van der Waals surface area contributed by atoms with Crippen molar-refractivity contribution in [2.45, 2.75) is 18.9 Å². The van der Waals surface area contributed by atoms with E-state index in [1.54, 1.807) is 36.4 Å². The van der Waals surface area contributed by atoms with Gasteiger partial charge in [-0.05, 0) is 49.2 Å². The van der Waals surface area contributed by atoms with Crippen LogP contribution < -0.4 is 15.4 Å². The Morgan fingerprint density at radius 2 is 1.93 bits per heavy atom. The van der Waals surface area contributed by atoms with Crippen molar-refractivity contribution in [3.63, 3.8) is 0 Å². The van der Waals surface area contributed by atoms with Crippen molar-refractivity contribution in [2.75, 3.05) is 25.1 Å². The van der Waals surface area contributed by atoms with Gasteiger partial charge in [-0.3, -0.25) is 9.59 Å². The average molecular weight is 433 g/mol. The lowest BCUT2D eigenvalue weighted by atomic mass is 10.1.